The molecule has 0 aromatic heterocycles. The summed E-state index contributed by atoms with van der Waals surface area (Å²) in [7, 11) is 0. The molecule has 1 aromatic rings. The minimum Gasteiger partial charge on any atom is -0.387 e. The van der Waals surface area contributed by atoms with Crippen molar-refractivity contribution in [3.63, 3.8) is 0 Å². The molecular weight excluding hydrogens is 195 g/mol. The minimum atomic E-state index is 0.472. The molecule has 0 atom stereocenters. The predicted octanol–water partition coefficient (Wildman–Crippen LogP) is 3.00. The number of aliphatic imine (C=N–C) groups is 1. The summed E-state index contributed by atoms with van der Waals surface area (Å²) in [4.78, 5) is 4.00. The molecule has 0 amide bonds. The van der Waals surface area contributed by atoms with E-state index in [4.69, 9.17) is 28.9 Å². The molecule has 0 saturated heterocycles. The van der Waals surface area contributed by atoms with Gasteiger partial charge in [0, 0.05) is 5.02 Å². The number of amidine groups is 1. The summed E-state index contributed by atoms with van der Waals surface area (Å²) in [5.74, 6) is 0.472. The fraction of sp³-hybridized carbons (Fsp3) is 0.125. The summed E-state index contributed by atoms with van der Waals surface area (Å²) in [5, 5.41) is 1.10. The number of nitrogens with zero attached hydrogens (tertiary/aromatic N) is 1. The van der Waals surface area contributed by atoms with Crippen molar-refractivity contribution in [2.45, 2.75) is 6.92 Å². The number of hydrogen-bond donors (Lipinski definition) is 1. The Bertz CT molecular complexity index is 317. The molecule has 1 aromatic carbocycles. The number of nitrogens with two attached hydrogens (primary N) is 1. The Morgan fingerprint density at radius 3 is 2.58 bits per heavy atom. The first-order valence-corrected chi connectivity index (χ1v) is 4.11. The highest BCUT2D eigenvalue weighted by atomic mass is 35.5. The van der Waals surface area contributed by atoms with Crippen molar-refractivity contribution in [3.8, 4) is 0 Å². The maximum Gasteiger partial charge on any atom is 0.0965 e. The van der Waals surface area contributed by atoms with E-state index in [-0.39, 0.29) is 0 Å². The first kappa shape index (κ1) is 9.36. The fourth-order valence-corrected chi connectivity index (χ4v) is 1.21. The molecule has 0 aliphatic rings. The molecule has 1 rings (SSSR count). The molecule has 0 radical (unpaired) electrons. The van der Waals surface area contributed by atoms with Crippen LogP contribution in [0.1, 0.15) is 6.92 Å². The van der Waals surface area contributed by atoms with Crippen molar-refractivity contribution < 1.29 is 0 Å². The second kappa shape index (κ2) is 3.78. The van der Waals surface area contributed by atoms with E-state index < -0.39 is 0 Å². The third-order valence-electron chi connectivity index (χ3n) is 1.21. The standard InChI is InChI=1S/C8H8Cl2N2/c1-5(11)12-8-3-2-6(9)4-7(8)10/h2-4H,1H3,(H2,11,12). The Hall–Kier alpha value is -0.730. The lowest BCUT2D eigenvalue weighted by atomic mass is 10.3. The van der Waals surface area contributed by atoms with Crippen LogP contribution in [0.5, 0.6) is 0 Å². The number of halogens is 2. The average molecular weight is 203 g/mol. The number of benzene rings is 1. The summed E-state index contributed by atoms with van der Waals surface area (Å²) >= 11 is 11.5. The zero-order valence-corrected chi connectivity index (χ0v) is 8.02. The minimum absolute atomic E-state index is 0.472. The highest BCUT2D eigenvalue weighted by Gasteiger charge is 1.98. The van der Waals surface area contributed by atoms with E-state index in [1.165, 1.54) is 0 Å². The highest BCUT2D eigenvalue weighted by Crippen LogP contribution is 2.27. The van der Waals surface area contributed by atoms with Crippen LogP contribution in [0.4, 0.5) is 5.69 Å². The second-order valence-corrected chi connectivity index (χ2v) is 3.19. The van der Waals surface area contributed by atoms with Crippen LogP contribution in [0, 0.1) is 0 Å². The highest BCUT2D eigenvalue weighted by molar-refractivity contribution is 6.36. The largest absolute Gasteiger partial charge is 0.387 e. The van der Waals surface area contributed by atoms with Crippen molar-refractivity contribution in [2.24, 2.45) is 10.7 Å². The van der Waals surface area contributed by atoms with E-state index in [0.717, 1.165) is 0 Å². The van der Waals surface area contributed by atoms with Crippen LogP contribution in [0.25, 0.3) is 0 Å². The molecule has 0 unspecified atom stereocenters. The van der Waals surface area contributed by atoms with Crippen molar-refractivity contribution in [3.05, 3.63) is 28.2 Å². The van der Waals surface area contributed by atoms with Gasteiger partial charge < -0.3 is 5.73 Å². The summed E-state index contributed by atoms with van der Waals surface area (Å²) in [6.45, 7) is 1.70. The zero-order chi connectivity index (χ0) is 9.14. The first-order chi connectivity index (χ1) is 5.59. The Kier molecular flexibility index (Phi) is 2.95. The van der Waals surface area contributed by atoms with Crippen LogP contribution in [0.15, 0.2) is 23.2 Å². The van der Waals surface area contributed by atoms with E-state index in [9.17, 15) is 0 Å². The maximum atomic E-state index is 5.83. The topological polar surface area (TPSA) is 38.4 Å². The Balaban J connectivity index is 3.10. The predicted molar refractivity (Wildman–Crippen MR) is 53.4 cm³/mol. The first-order valence-electron chi connectivity index (χ1n) is 3.35. The zero-order valence-electron chi connectivity index (χ0n) is 6.51. The third kappa shape index (κ3) is 2.40. The molecule has 12 heavy (non-hydrogen) atoms. The molecule has 64 valence electrons. The molecule has 4 heteroatoms. The lowest BCUT2D eigenvalue weighted by Gasteiger charge is -1.98. The van der Waals surface area contributed by atoms with Gasteiger partial charge in [-0.25, -0.2) is 4.99 Å². The van der Waals surface area contributed by atoms with Gasteiger partial charge in [-0.2, -0.15) is 0 Å². The van der Waals surface area contributed by atoms with Gasteiger partial charge in [0.1, 0.15) is 0 Å². The number of hydrogen-bond acceptors (Lipinski definition) is 1. The van der Waals surface area contributed by atoms with Crippen molar-refractivity contribution >= 4 is 34.7 Å². The normalized spacial score (nSPS) is 11.8. The van der Waals surface area contributed by atoms with Gasteiger partial charge in [-0.1, -0.05) is 23.2 Å². The molecule has 0 aliphatic heterocycles. The van der Waals surface area contributed by atoms with Gasteiger partial charge in [-0.3, -0.25) is 0 Å². The van der Waals surface area contributed by atoms with Gasteiger partial charge >= 0.3 is 0 Å². The van der Waals surface area contributed by atoms with Crippen LogP contribution >= 0.6 is 23.2 Å². The van der Waals surface area contributed by atoms with Gasteiger partial charge in [0.2, 0.25) is 0 Å². The molecule has 0 spiro atoms. The van der Waals surface area contributed by atoms with E-state index in [1.54, 1.807) is 25.1 Å². The maximum absolute atomic E-state index is 5.83. The molecule has 0 bridgehead atoms. The Labute approximate surface area is 81.0 Å². The Morgan fingerprint density at radius 1 is 1.42 bits per heavy atom. The lowest BCUT2D eigenvalue weighted by Crippen LogP contribution is -2.03. The van der Waals surface area contributed by atoms with E-state index in [1.807, 2.05) is 0 Å². The molecule has 0 fully saturated rings. The summed E-state index contributed by atoms with van der Waals surface area (Å²) in [5.41, 5.74) is 6.03. The molecule has 2 nitrogen and oxygen atoms in total. The van der Waals surface area contributed by atoms with Crippen molar-refractivity contribution in [1.29, 1.82) is 0 Å². The molecule has 0 saturated carbocycles. The third-order valence-corrected chi connectivity index (χ3v) is 1.74. The second-order valence-electron chi connectivity index (χ2n) is 2.35. The fourth-order valence-electron chi connectivity index (χ4n) is 0.762. The average Bonchev–Trinajstić information content (AvgIpc) is 1.94. The van der Waals surface area contributed by atoms with E-state index in [0.29, 0.717) is 21.6 Å². The van der Waals surface area contributed by atoms with Gasteiger partial charge in [0.15, 0.2) is 0 Å². The summed E-state index contributed by atoms with van der Waals surface area (Å²) < 4.78 is 0. The van der Waals surface area contributed by atoms with Gasteiger partial charge in [-0.05, 0) is 25.1 Å². The van der Waals surface area contributed by atoms with E-state index in [2.05, 4.69) is 4.99 Å². The lowest BCUT2D eigenvalue weighted by molar-refractivity contribution is 1.45. The molecule has 2 N–H and O–H groups in total. The van der Waals surface area contributed by atoms with Crippen molar-refractivity contribution in [1.82, 2.24) is 0 Å². The monoisotopic (exact) mass is 202 g/mol. The SMILES string of the molecule is CC(N)=Nc1ccc(Cl)cc1Cl. The van der Waals surface area contributed by atoms with Crippen LogP contribution < -0.4 is 5.73 Å². The van der Waals surface area contributed by atoms with Crippen LogP contribution in [0.2, 0.25) is 10.0 Å². The van der Waals surface area contributed by atoms with Gasteiger partial charge in [0.25, 0.3) is 0 Å². The van der Waals surface area contributed by atoms with E-state index >= 15 is 0 Å². The number of rotatable bonds is 1. The van der Waals surface area contributed by atoms with Gasteiger partial charge in [-0.15, -0.1) is 0 Å². The van der Waals surface area contributed by atoms with Crippen LogP contribution in [-0.2, 0) is 0 Å². The van der Waals surface area contributed by atoms with Crippen LogP contribution in [0.3, 0.4) is 0 Å². The van der Waals surface area contributed by atoms with Gasteiger partial charge in [0.05, 0.1) is 16.5 Å². The molecular formula is C8H8Cl2N2. The smallest absolute Gasteiger partial charge is 0.0965 e. The summed E-state index contributed by atoms with van der Waals surface area (Å²) in [6, 6.07) is 5.07. The molecule has 0 heterocycles. The Morgan fingerprint density at radius 2 is 2.08 bits per heavy atom. The summed E-state index contributed by atoms with van der Waals surface area (Å²) in [6.07, 6.45) is 0. The van der Waals surface area contributed by atoms with Crippen molar-refractivity contribution in [2.75, 3.05) is 0 Å². The van der Waals surface area contributed by atoms with Crippen LogP contribution in [-0.4, -0.2) is 5.84 Å². The quantitative estimate of drug-likeness (QED) is 0.552. The molecule has 0 aliphatic carbocycles.